The number of carbonyl (C=O) groups is 1. The monoisotopic (exact) mass is 400 g/mol. The molecule has 1 fully saturated rings. The highest BCUT2D eigenvalue weighted by Crippen LogP contribution is 2.30. The number of nitro benzene ring substituents is 1. The molecule has 1 saturated heterocycles. The first-order chi connectivity index (χ1) is 13.9. The number of piperazine rings is 1. The number of anilines is 2. The van der Waals surface area contributed by atoms with E-state index in [1.807, 2.05) is 19.1 Å². The molecular weight excluding hydrogens is 376 g/mol. The third-order valence-electron chi connectivity index (χ3n) is 5.12. The van der Waals surface area contributed by atoms with Gasteiger partial charge in [0.25, 0.3) is 5.69 Å². The van der Waals surface area contributed by atoms with Crippen LogP contribution in [0.1, 0.15) is 6.92 Å². The van der Waals surface area contributed by atoms with Crippen LogP contribution >= 0.6 is 0 Å². The Morgan fingerprint density at radius 1 is 1.21 bits per heavy atom. The molecule has 0 aromatic heterocycles. The van der Waals surface area contributed by atoms with Gasteiger partial charge in [-0.3, -0.25) is 19.8 Å². The van der Waals surface area contributed by atoms with Crippen molar-refractivity contribution < 1.29 is 19.6 Å². The Morgan fingerprint density at radius 3 is 2.52 bits per heavy atom. The van der Waals surface area contributed by atoms with Gasteiger partial charge < -0.3 is 20.1 Å². The molecular formula is C20H24N4O5. The summed E-state index contributed by atoms with van der Waals surface area (Å²) in [5, 5.41) is 23.7. The minimum Gasteiger partial charge on any atom is -0.506 e. The number of nitro groups is 1. The number of phenols is 1. The molecule has 0 unspecified atom stereocenters. The zero-order valence-corrected chi connectivity index (χ0v) is 16.4. The molecule has 2 aromatic rings. The summed E-state index contributed by atoms with van der Waals surface area (Å²) >= 11 is 0. The fourth-order valence-electron chi connectivity index (χ4n) is 3.38. The van der Waals surface area contributed by atoms with Gasteiger partial charge in [-0.25, -0.2) is 0 Å². The minimum absolute atomic E-state index is 0.104. The number of rotatable bonds is 6. The molecule has 0 spiro atoms. The zero-order chi connectivity index (χ0) is 21.0. The first-order valence-corrected chi connectivity index (χ1v) is 9.31. The summed E-state index contributed by atoms with van der Waals surface area (Å²) in [4.78, 5) is 27.3. The van der Waals surface area contributed by atoms with Crippen molar-refractivity contribution in [1.82, 2.24) is 4.90 Å². The molecule has 2 aromatic carbocycles. The van der Waals surface area contributed by atoms with Crippen molar-refractivity contribution in [1.29, 1.82) is 0 Å². The van der Waals surface area contributed by atoms with E-state index in [4.69, 9.17) is 4.74 Å². The topological polar surface area (TPSA) is 108 Å². The lowest BCUT2D eigenvalue weighted by Crippen LogP contribution is -2.52. The van der Waals surface area contributed by atoms with Crippen LogP contribution in [0.5, 0.6) is 11.5 Å². The Hall–Kier alpha value is -3.33. The third kappa shape index (κ3) is 4.57. The average Bonchev–Trinajstić information content (AvgIpc) is 2.73. The van der Waals surface area contributed by atoms with E-state index in [2.05, 4.69) is 15.1 Å². The van der Waals surface area contributed by atoms with Crippen molar-refractivity contribution in [3.05, 3.63) is 52.6 Å². The number of aromatic hydroxyl groups is 1. The van der Waals surface area contributed by atoms with E-state index >= 15 is 0 Å². The Balaban J connectivity index is 1.61. The zero-order valence-electron chi connectivity index (χ0n) is 16.4. The van der Waals surface area contributed by atoms with Crippen molar-refractivity contribution in [2.75, 3.05) is 43.5 Å². The quantitative estimate of drug-likeness (QED) is 0.566. The number of hydrogen-bond donors (Lipinski definition) is 2. The molecule has 0 aliphatic carbocycles. The first kappa shape index (κ1) is 20.4. The summed E-state index contributed by atoms with van der Waals surface area (Å²) in [5.74, 6) is 0.272. The largest absolute Gasteiger partial charge is 0.506 e. The predicted octanol–water partition coefficient (Wildman–Crippen LogP) is 2.46. The van der Waals surface area contributed by atoms with E-state index in [0.717, 1.165) is 5.69 Å². The van der Waals surface area contributed by atoms with E-state index < -0.39 is 4.92 Å². The fourth-order valence-corrected chi connectivity index (χ4v) is 3.38. The second kappa shape index (κ2) is 8.78. The third-order valence-corrected chi connectivity index (χ3v) is 5.12. The molecule has 1 amide bonds. The van der Waals surface area contributed by atoms with Crippen LogP contribution < -0.4 is 15.0 Å². The van der Waals surface area contributed by atoms with Crippen molar-refractivity contribution in [2.45, 2.75) is 13.0 Å². The molecule has 9 nitrogen and oxygen atoms in total. The Morgan fingerprint density at radius 2 is 1.90 bits per heavy atom. The van der Waals surface area contributed by atoms with Gasteiger partial charge in [0.15, 0.2) is 0 Å². The summed E-state index contributed by atoms with van der Waals surface area (Å²) in [7, 11) is 1.40. The van der Waals surface area contributed by atoms with Crippen LogP contribution in [0.25, 0.3) is 0 Å². The second-order valence-electron chi connectivity index (χ2n) is 6.82. The van der Waals surface area contributed by atoms with E-state index in [-0.39, 0.29) is 29.1 Å². The van der Waals surface area contributed by atoms with Gasteiger partial charge in [-0.05, 0) is 25.1 Å². The predicted molar refractivity (Wildman–Crippen MR) is 110 cm³/mol. The number of nitrogens with one attached hydrogen (secondary N) is 1. The van der Waals surface area contributed by atoms with Gasteiger partial charge in [0.1, 0.15) is 11.5 Å². The number of hydrogen-bond acceptors (Lipinski definition) is 7. The lowest BCUT2D eigenvalue weighted by Gasteiger charge is -2.38. The van der Waals surface area contributed by atoms with Gasteiger partial charge in [-0.15, -0.1) is 0 Å². The van der Waals surface area contributed by atoms with Crippen LogP contribution in [0.2, 0.25) is 0 Å². The van der Waals surface area contributed by atoms with Gasteiger partial charge in [-0.1, -0.05) is 12.1 Å². The van der Waals surface area contributed by atoms with Gasteiger partial charge in [-0.2, -0.15) is 0 Å². The van der Waals surface area contributed by atoms with Crippen LogP contribution in [0.4, 0.5) is 17.1 Å². The molecule has 0 radical (unpaired) electrons. The molecule has 0 bridgehead atoms. The van der Waals surface area contributed by atoms with Crippen LogP contribution in [0, 0.1) is 10.1 Å². The number of benzene rings is 2. The Bertz CT molecular complexity index is 896. The molecule has 9 heteroatoms. The average molecular weight is 400 g/mol. The minimum atomic E-state index is -0.513. The van der Waals surface area contributed by atoms with Crippen LogP contribution in [-0.2, 0) is 4.79 Å². The molecule has 0 saturated carbocycles. The number of para-hydroxylation sites is 2. The van der Waals surface area contributed by atoms with Gasteiger partial charge in [0.05, 0.1) is 35.5 Å². The highest BCUT2D eigenvalue weighted by atomic mass is 16.6. The summed E-state index contributed by atoms with van der Waals surface area (Å²) in [6, 6.07) is 10.9. The lowest BCUT2D eigenvalue weighted by molar-refractivity contribution is -0.384. The second-order valence-corrected chi connectivity index (χ2v) is 6.82. The van der Waals surface area contributed by atoms with E-state index in [0.29, 0.717) is 31.9 Å². The first-order valence-electron chi connectivity index (χ1n) is 9.31. The van der Waals surface area contributed by atoms with Gasteiger partial charge >= 0.3 is 0 Å². The molecule has 2 N–H and O–H groups in total. The summed E-state index contributed by atoms with van der Waals surface area (Å²) in [5.41, 5.74) is 1.08. The molecule has 3 rings (SSSR count). The number of carbonyl (C=O) groups excluding carboxylic acids is 1. The van der Waals surface area contributed by atoms with Gasteiger partial charge in [0, 0.05) is 32.2 Å². The summed E-state index contributed by atoms with van der Waals surface area (Å²) in [6.45, 7) is 4.54. The normalized spacial score (nSPS) is 15.6. The smallest absolute Gasteiger partial charge is 0.273 e. The standard InChI is InChI=1S/C20H24N4O5/c1-14(20(26)21-16-8-7-15(24(27)28)13-19(16)29-2)22-9-11-23(12-10-22)17-5-3-4-6-18(17)25/h3-8,13-14,25H,9-12H2,1-2H3,(H,21,26)/t14-/m0/s1. The van der Waals surface area contributed by atoms with E-state index in [1.165, 1.54) is 25.3 Å². The van der Waals surface area contributed by atoms with Crippen LogP contribution in [0.15, 0.2) is 42.5 Å². The van der Waals surface area contributed by atoms with Crippen molar-refractivity contribution in [3.8, 4) is 11.5 Å². The van der Waals surface area contributed by atoms with Crippen molar-refractivity contribution in [3.63, 3.8) is 0 Å². The number of nitrogens with zero attached hydrogens (tertiary/aromatic N) is 3. The Labute approximate surface area is 168 Å². The Kier molecular flexibility index (Phi) is 6.18. The maximum absolute atomic E-state index is 12.7. The van der Waals surface area contributed by atoms with Gasteiger partial charge in [0.2, 0.25) is 5.91 Å². The number of amides is 1. The molecule has 1 heterocycles. The van der Waals surface area contributed by atoms with Crippen LogP contribution in [-0.4, -0.2) is 60.2 Å². The molecule has 1 aliphatic rings. The lowest BCUT2D eigenvalue weighted by atomic mass is 10.1. The van der Waals surface area contributed by atoms with Crippen molar-refractivity contribution >= 4 is 23.0 Å². The molecule has 1 atom stereocenters. The van der Waals surface area contributed by atoms with Crippen molar-refractivity contribution in [2.24, 2.45) is 0 Å². The molecule has 29 heavy (non-hydrogen) atoms. The molecule has 1 aliphatic heterocycles. The van der Waals surface area contributed by atoms with E-state index in [9.17, 15) is 20.0 Å². The maximum atomic E-state index is 12.7. The number of phenolic OH excluding ortho intramolecular Hbond substituents is 1. The summed E-state index contributed by atoms with van der Waals surface area (Å²) in [6.07, 6.45) is 0. The molecule has 154 valence electrons. The number of ether oxygens (including phenoxy) is 1. The van der Waals surface area contributed by atoms with Crippen LogP contribution in [0.3, 0.4) is 0 Å². The number of methoxy groups -OCH3 is 1. The highest BCUT2D eigenvalue weighted by molar-refractivity contribution is 5.96. The number of non-ortho nitro benzene ring substituents is 1. The maximum Gasteiger partial charge on any atom is 0.273 e. The van der Waals surface area contributed by atoms with E-state index in [1.54, 1.807) is 12.1 Å². The highest BCUT2D eigenvalue weighted by Gasteiger charge is 2.27. The SMILES string of the molecule is COc1cc([N+](=O)[O-])ccc1NC(=O)[C@H](C)N1CCN(c2ccccc2O)CC1. The summed E-state index contributed by atoms with van der Waals surface area (Å²) < 4.78 is 5.17. The fraction of sp³-hybridized carbons (Fsp3) is 0.350.